The van der Waals surface area contributed by atoms with E-state index in [4.69, 9.17) is 0 Å². The third kappa shape index (κ3) is 3.68. The Balaban J connectivity index is 1.57. The molecule has 1 aliphatic rings. The summed E-state index contributed by atoms with van der Waals surface area (Å²) in [6.45, 7) is 1.79. The molecule has 1 aliphatic heterocycles. The zero-order chi connectivity index (χ0) is 18.5. The molecule has 0 bridgehead atoms. The van der Waals surface area contributed by atoms with Crippen molar-refractivity contribution >= 4 is 5.82 Å². The van der Waals surface area contributed by atoms with Gasteiger partial charge in [-0.3, -0.25) is 0 Å². The third-order valence-corrected chi connectivity index (χ3v) is 5.41. The second-order valence-corrected chi connectivity index (χ2v) is 6.96. The predicted octanol–water partition coefficient (Wildman–Crippen LogP) is 4.40. The molecule has 0 spiro atoms. The molecule has 1 aromatic heterocycles. The highest BCUT2D eigenvalue weighted by atomic mass is 15.2. The van der Waals surface area contributed by atoms with Crippen molar-refractivity contribution in [3.63, 3.8) is 0 Å². The first-order valence-electron chi connectivity index (χ1n) is 9.43. The Morgan fingerprint density at radius 1 is 0.852 bits per heavy atom. The molecule has 0 radical (unpaired) electrons. The van der Waals surface area contributed by atoms with E-state index in [1.54, 1.807) is 12.4 Å². The molecule has 2 heterocycles. The molecular weight excluding hydrogens is 332 g/mol. The Morgan fingerprint density at radius 2 is 1.41 bits per heavy atom. The van der Waals surface area contributed by atoms with Gasteiger partial charge in [-0.15, -0.1) is 0 Å². The van der Waals surface area contributed by atoms with E-state index >= 15 is 0 Å². The monoisotopic (exact) mass is 354 g/mol. The van der Waals surface area contributed by atoms with Crippen molar-refractivity contribution in [1.29, 1.82) is 5.26 Å². The van der Waals surface area contributed by atoms with Gasteiger partial charge in [-0.2, -0.15) is 5.26 Å². The van der Waals surface area contributed by atoms with Crippen LogP contribution in [0, 0.1) is 17.2 Å². The molecule has 4 nitrogen and oxygen atoms in total. The Bertz CT molecular complexity index is 870. The minimum absolute atomic E-state index is 0.395. The van der Waals surface area contributed by atoms with Gasteiger partial charge in [-0.05, 0) is 29.9 Å². The summed E-state index contributed by atoms with van der Waals surface area (Å²) >= 11 is 0. The van der Waals surface area contributed by atoms with Gasteiger partial charge in [0.25, 0.3) is 0 Å². The quantitative estimate of drug-likeness (QED) is 0.697. The number of aromatic nitrogens is 2. The maximum absolute atomic E-state index is 9.31. The van der Waals surface area contributed by atoms with Crippen LogP contribution in [0.1, 0.15) is 35.6 Å². The first-order chi connectivity index (χ1) is 13.4. The molecule has 0 saturated carbocycles. The molecule has 3 aromatic rings. The molecular formula is C23H22N4. The van der Waals surface area contributed by atoms with Crippen LogP contribution in [0.4, 0.5) is 5.82 Å². The minimum atomic E-state index is 0.395. The van der Waals surface area contributed by atoms with E-state index in [0.717, 1.165) is 31.7 Å². The maximum atomic E-state index is 9.31. The van der Waals surface area contributed by atoms with Gasteiger partial charge in [0.1, 0.15) is 6.07 Å². The summed E-state index contributed by atoms with van der Waals surface area (Å²) < 4.78 is 0. The number of piperidine rings is 1. The van der Waals surface area contributed by atoms with E-state index in [9.17, 15) is 5.26 Å². The Morgan fingerprint density at radius 3 is 1.96 bits per heavy atom. The molecule has 0 atom stereocenters. The summed E-state index contributed by atoms with van der Waals surface area (Å²) in [5.74, 6) is 1.68. The van der Waals surface area contributed by atoms with Crippen LogP contribution >= 0.6 is 0 Å². The second kappa shape index (κ2) is 8.01. The van der Waals surface area contributed by atoms with Gasteiger partial charge in [0, 0.05) is 31.4 Å². The maximum Gasteiger partial charge on any atom is 0.183 e. The summed E-state index contributed by atoms with van der Waals surface area (Å²) in [5, 5.41) is 9.31. The molecule has 1 fully saturated rings. The van der Waals surface area contributed by atoms with Crippen molar-refractivity contribution in [1.82, 2.24) is 9.97 Å². The topological polar surface area (TPSA) is 52.8 Å². The first-order valence-corrected chi connectivity index (χ1v) is 9.43. The smallest absolute Gasteiger partial charge is 0.183 e. The fourth-order valence-electron chi connectivity index (χ4n) is 4.14. The van der Waals surface area contributed by atoms with Gasteiger partial charge >= 0.3 is 0 Å². The van der Waals surface area contributed by atoms with E-state index in [0.29, 0.717) is 17.5 Å². The van der Waals surface area contributed by atoms with Crippen molar-refractivity contribution in [3.05, 3.63) is 89.9 Å². The molecule has 0 N–H and O–H groups in total. The Kier molecular flexibility index (Phi) is 5.11. The minimum Gasteiger partial charge on any atom is -0.354 e. The van der Waals surface area contributed by atoms with Crippen LogP contribution in [0.5, 0.6) is 0 Å². The molecule has 0 aliphatic carbocycles. The van der Waals surface area contributed by atoms with E-state index in [2.05, 4.69) is 81.6 Å². The highest BCUT2D eigenvalue weighted by molar-refractivity contribution is 5.49. The zero-order valence-electron chi connectivity index (χ0n) is 15.2. The fraction of sp³-hybridized carbons (Fsp3) is 0.261. The third-order valence-electron chi connectivity index (χ3n) is 5.41. The average Bonchev–Trinajstić information content (AvgIpc) is 2.76. The summed E-state index contributed by atoms with van der Waals surface area (Å²) in [5.41, 5.74) is 3.16. The molecule has 27 heavy (non-hydrogen) atoms. The number of hydrogen-bond acceptors (Lipinski definition) is 4. The van der Waals surface area contributed by atoms with Crippen molar-refractivity contribution in [2.75, 3.05) is 18.0 Å². The fourth-order valence-corrected chi connectivity index (χ4v) is 4.14. The average molecular weight is 354 g/mol. The van der Waals surface area contributed by atoms with E-state index < -0.39 is 0 Å². The highest BCUT2D eigenvalue weighted by Gasteiger charge is 2.30. The Labute approximate surface area is 160 Å². The van der Waals surface area contributed by atoms with Gasteiger partial charge in [0.2, 0.25) is 0 Å². The predicted molar refractivity (Wildman–Crippen MR) is 106 cm³/mol. The standard InChI is InChI=1S/C23H22N4/c24-17-21-23(26-14-13-25-21)27-15-11-20(12-16-27)22(18-7-3-1-4-8-18)19-9-5-2-6-10-19/h1-10,13-14,20,22H,11-12,15-16H2. The number of anilines is 1. The first kappa shape index (κ1) is 17.2. The van der Waals surface area contributed by atoms with Crippen molar-refractivity contribution in [2.24, 2.45) is 5.92 Å². The Hall–Kier alpha value is -3.19. The molecule has 0 amide bonds. The van der Waals surface area contributed by atoms with Crippen LogP contribution in [0.25, 0.3) is 0 Å². The van der Waals surface area contributed by atoms with Gasteiger partial charge in [-0.25, -0.2) is 9.97 Å². The summed E-state index contributed by atoms with van der Waals surface area (Å²) in [6, 6.07) is 23.8. The molecule has 4 rings (SSSR count). The lowest BCUT2D eigenvalue weighted by atomic mass is 9.76. The number of nitriles is 1. The van der Waals surface area contributed by atoms with Gasteiger partial charge in [0.15, 0.2) is 11.5 Å². The van der Waals surface area contributed by atoms with Gasteiger partial charge in [-0.1, -0.05) is 60.7 Å². The molecule has 134 valence electrons. The van der Waals surface area contributed by atoms with Crippen LogP contribution in [-0.4, -0.2) is 23.1 Å². The molecule has 4 heteroatoms. The lowest BCUT2D eigenvalue weighted by Crippen LogP contribution is -2.37. The number of rotatable bonds is 4. The summed E-state index contributed by atoms with van der Waals surface area (Å²) in [7, 11) is 0. The summed E-state index contributed by atoms with van der Waals surface area (Å²) in [6.07, 6.45) is 5.38. The molecule has 0 unspecified atom stereocenters. The van der Waals surface area contributed by atoms with Crippen LogP contribution < -0.4 is 4.90 Å². The van der Waals surface area contributed by atoms with E-state index in [-0.39, 0.29) is 0 Å². The normalized spacial score (nSPS) is 14.9. The summed E-state index contributed by atoms with van der Waals surface area (Å²) in [4.78, 5) is 10.8. The van der Waals surface area contributed by atoms with Gasteiger partial charge < -0.3 is 4.90 Å². The number of nitrogens with zero attached hydrogens (tertiary/aromatic N) is 4. The van der Waals surface area contributed by atoms with Crippen molar-refractivity contribution in [3.8, 4) is 6.07 Å². The van der Waals surface area contributed by atoms with E-state index in [1.807, 2.05) is 0 Å². The lowest BCUT2D eigenvalue weighted by molar-refractivity contribution is 0.367. The number of hydrogen-bond donors (Lipinski definition) is 0. The van der Waals surface area contributed by atoms with Crippen molar-refractivity contribution < 1.29 is 0 Å². The second-order valence-electron chi connectivity index (χ2n) is 6.96. The lowest BCUT2D eigenvalue weighted by Gasteiger charge is -2.37. The largest absolute Gasteiger partial charge is 0.354 e. The highest BCUT2D eigenvalue weighted by Crippen LogP contribution is 2.38. The van der Waals surface area contributed by atoms with Crippen molar-refractivity contribution in [2.45, 2.75) is 18.8 Å². The van der Waals surface area contributed by atoms with E-state index in [1.165, 1.54) is 11.1 Å². The van der Waals surface area contributed by atoms with Crippen LogP contribution in [0.3, 0.4) is 0 Å². The van der Waals surface area contributed by atoms with Gasteiger partial charge in [0.05, 0.1) is 0 Å². The number of benzene rings is 2. The molecule has 2 aromatic carbocycles. The SMILES string of the molecule is N#Cc1nccnc1N1CCC(C(c2ccccc2)c2ccccc2)CC1. The van der Waals surface area contributed by atoms with Crippen LogP contribution in [0.15, 0.2) is 73.1 Å². The van der Waals surface area contributed by atoms with Crippen LogP contribution in [-0.2, 0) is 0 Å². The molecule has 1 saturated heterocycles. The zero-order valence-corrected chi connectivity index (χ0v) is 15.2. The van der Waals surface area contributed by atoms with Crippen LogP contribution in [0.2, 0.25) is 0 Å².